The van der Waals surface area contributed by atoms with Gasteiger partial charge in [0.15, 0.2) is 9.84 Å². The lowest BCUT2D eigenvalue weighted by Gasteiger charge is -2.29. The van der Waals surface area contributed by atoms with E-state index < -0.39 is 9.84 Å². The summed E-state index contributed by atoms with van der Waals surface area (Å²) in [5.74, 6) is 0.0179. The molecule has 3 N–H and O–H groups in total. The van der Waals surface area contributed by atoms with Gasteiger partial charge in [-0.2, -0.15) is 0 Å². The van der Waals surface area contributed by atoms with E-state index in [2.05, 4.69) is 0 Å². The van der Waals surface area contributed by atoms with Crippen molar-refractivity contribution in [3.05, 3.63) is 29.8 Å². The van der Waals surface area contributed by atoms with Crippen LogP contribution in [-0.4, -0.2) is 31.1 Å². The Labute approximate surface area is 95.0 Å². The average molecular weight is 241 g/mol. The molecule has 0 aliphatic carbocycles. The molecule has 0 saturated carbocycles. The second kappa shape index (κ2) is 4.07. The molecule has 1 aromatic carbocycles. The summed E-state index contributed by atoms with van der Waals surface area (Å²) < 4.78 is 23.1. The number of phenolic OH excluding ortho intramolecular Hbond substituents is 1. The first-order chi connectivity index (χ1) is 7.49. The van der Waals surface area contributed by atoms with Gasteiger partial charge in [-0.3, -0.25) is 0 Å². The van der Waals surface area contributed by atoms with E-state index in [1.54, 1.807) is 24.3 Å². The van der Waals surface area contributed by atoms with Crippen LogP contribution in [0.1, 0.15) is 17.9 Å². The van der Waals surface area contributed by atoms with E-state index in [-0.39, 0.29) is 29.2 Å². The van der Waals surface area contributed by atoms with Gasteiger partial charge in [0.2, 0.25) is 0 Å². The van der Waals surface area contributed by atoms with Crippen molar-refractivity contribution in [1.29, 1.82) is 0 Å². The lowest BCUT2D eigenvalue weighted by molar-refractivity contribution is 0.445. The van der Waals surface area contributed by atoms with Gasteiger partial charge in [0.05, 0.1) is 11.5 Å². The lowest BCUT2D eigenvalue weighted by Crippen LogP contribution is -2.40. The van der Waals surface area contributed by atoms with Gasteiger partial charge >= 0.3 is 0 Å². The fourth-order valence-electron chi connectivity index (χ4n) is 2.12. The Morgan fingerprint density at radius 2 is 2.00 bits per heavy atom. The number of hydrogen-bond donors (Lipinski definition) is 2. The van der Waals surface area contributed by atoms with Gasteiger partial charge in [0, 0.05) is 12.0 Å². The van der Waals surface area contributed by atoms with E-state index in [9.17, 15) is 13.5 Å². The van der Waals surface area contributed by atoms with Crippen LogP contribution < -0.4 is 5.73 Å². The summed E-state index contributed by atoms with van der Waals surface area (Å²) in [5.41, 5.74) is 6.56. The first-order valence-electron chi connectivity index (χ1n) is 5.23. The SMILES string of the molecule is NC1CCS(=O)(=O)CC1c1ccccc1O. The van der Waals surface area contributed by atoms with E-state index in [1.807, 2.05) is 0 Å². The highest BCUT2D eigenvalue weighted by atomic mass is 32.2. The molecule has 88 valence electrons. The number of para-hydroxylation sites is 1. The molecule has 0 bridgehead atoms. The van der Waals surface area contributed by atoms with Crippen LogP contribution in [0, 0.1) is 0 Å². The van der Waals surface area contributed by atoms with Crippen LogP contribution in [0.2, 0.25) is 0 Å². The summed E-state index contributed by atoms with van der Waals surface area (Å²) in [6.45, 7) is 0. The molecule has 5 heteroatoms. The number of benzene rings is 1. The second-order valence-electron chi connectivity index (χ2n) is 4.23. The van der Waals surface area contributed by atoms with Crippen molar-refractivity contribution in [2.24, 2.45) is 5.73 Å². The third-order valence-corrected chi connectivity index (χ3v) is 4.77. The van der Waals surface area contributed by atoms with Crippen molar-refractivity contribution >= 4 is 9.84 Å². The summed E-state index contributed by atoms with van der Waals surface area (Å²) in [7, 11) is -3.02. The average Bonchev–Trinajstić information content (AvgIpc) is 2.23. The number of phenols is 1. The summed E-state index contributed by atoms with van der Waals surface area (Å²) >= 11 is 0. The van der Waals surface area contributed by atoms with Crippen LogP contribution >= 0.6 is 0 Å². The van der Waals surface area contributed by atoms with Crippen molar-refractivity contribution in [2.75, 3.05) is 11.5 Å². The van der Waals surface area contributed by atoms with E-state index >= 15 is 0 Å². The standard InChI is InChI=1S/C11H15NO3S/c12-10-5-6-16(14,15)7-9(10)8-3-1-2-4-11(8)13/h1-4,9-10,13H,5-7,12H2. The molecular formula is C11H15NO3S. The van der Waals surface area contributed by atoms with E-state index in [0.717, 1.165) is 0 Å². The maximum absolute atomic E-state index is 11.6. The predicted octanol–water partition coefficient (Wildman–Crippen LogP) is 0.622. The Kier molecular flexibility index (Phi) is 2.90. The van der Waals surface area contributed by atoms with Crippen LogP contribution in [-0.2, 0) is 9.84 Å². The number of hydrogen-bond acceptors (Lipinski definition) is 4. The summed E-state index contributed by atoms with van der Waals surface area (Å²) in [4.78, 5) is 0. The highest BCUT2D eigenvalue weighted by molar-refractivity contribution is 7.91. The molecule has 1 aliphatic rings. The fraction of sp³-hybridized carbons (Fsp3) is 0.455. The van der Waals surface area contributed by atoms with Crippen LogP contribution in [0.5, 0.6) is 5.75 Å². The summed E-state index contributed by atoms with van der Waals surface area (Å²) in [5, 5.41) is 9.70. The minimum atomic E-state index is -3.02. The third kappa shape index (κ3) is 2.20. The first-order valence-corrected chi connectivity index (χ1v) is 7.05. The molecule has 0 aromatic heterocycles. The predicted molar refractivity (Wildman–Crippen MR) is 62.1 cm³/mol. The van der Waals surface area contributed by atoms with Gasteiger partial charge in [-0.1, -0.05) is 18.2 Å². The molecule has 1 aliphatic heterocycles. The molecule has 2 rings (SSSR count). The maximum Gasteiger partial charge on any atom is 0.151 e. The normalized spacial score (nSPS) is 28.8. The smallest absolute Gasteiger partial charge is 0.151 e. The van der Waals surface area contributed by atoms with Gasteiger partial charge in [-0.25, -0.2) is 8.42 Å². The van der Waals surface area contributed by atoms with Crippen LogP contribution in [0.25, 0.3) is 0 Å². The quantitative estimate of drug-likeness (QED) is 0.755. The summed E-state index contributed by atoms with van der Waals surface area (Å²) in [6, 6.07) is 6.59. The Morgan fingerprint density at radius 3 is 2.69 bits per heavy atom. The van der Waals surface area contributed by atoms with E-state index in [0.29, 0.717) is 12.0 Å². The molecule has 1 heterocycles. The molecular weight excluding hydrogens is 226 g/mol. The summed E-state index contributed by atoms with van der Waals surface area (Å²) in [6.07, 6.45) is 0.460. The zero-order valence-electron chi connectivity index (χ0n) is 8.83. The van der Waals surface area contributed by atoms with Crippen molar-refractivity contribution in [3.8, 4) is 5.75 Å². The minimum absolute atomic E-state index is 0.0335. The number of aromatic hydroxyl groups is 1. The second-order valence-corrected chi connectivity index (χ2v) is 6.46. The zero-order valence-corrected chi connectivity index (χ0v) is 9.65. The maximum atomic E-state index is 11.6. The lowest BCUT2D eigenvalue weighted by atomic mass is 9.91. The first kappa shape index (κ1) is 11.4. The molecule has 1 saturated heterocycles. The van der Waals surface area contributed by atoms with E-state index in [4.69, 9.17) is 5.73 Å². The molecule has 4 nitrogen and oxygen atoms in total. The van der Waals surface area contributed by atoms with Crippen LogP contribution in [0.4, 0.5) is 0 Å². The molecule has 1 aromatic rings. The van der Waals surface area contributed by atoms with Crippen molar-refractivity contribution in [1.82, 2.24) is 0 Å². The monoisotopic (exact) mass is 241 g/mol. The molecule has 1 fully saturated rings. The third-order valence-electron chi connectivity index (χ3n) is 3.05. The number of sulfone groups is 1. The minimum Gasteiger partial charge on any atom is -0.508 e. The van der Waals surface area contributed by atoms with Gasteiger partial charge in [-0.15, -0.1) is 0 Å². The Bertz CT molecular complexity index is 484. The molecule has 16 heavy (non-hydrogen) atoms. The topological polar surface area (TPSA) is 80.4 Å². The van der Waals surface area contributed by atoms with Crippen molar-refractivity contribution in [2.45, 2.75) is 18.4 Å². The van der Waals surface area contributed by atoms with Gasteiger partial charge < -0.3 is 10.8 Å². The van der Waals surface area contributed by atoms with Gasteiger partial charge in [-0.05, 0) is 18.1 Å². The number of nitrogens with two attached hydrogens (primary N) is 1. The molecule has 0 spiro atoms. The van der Waals surface area contributed by atoms with Gasteiger partial charge in [0.1, 0.15) is 5.75 Å². The van der Waals surface area contributed by atoms with Gasteiger partial charge in [0.25, 0.3) is 0 Å². The highest BCUT2D eigenvalue weighted by Crippen LogP contribution is 2.32. The van der Waals surface area contributed by atoms with Crippen molar-refractivity contribution < 1.29 is 13.5 Å². The zero-order chi connectivity index (χ0) is 11.8. The van der Waals surface area contributed by atoms with Crippen LogP contribution in [0.3, 0.4) is 0 Å². The molecule has 2 unspecified atom stereocenters. The van der Waals surface area contributed by atoms with E-state index in [1.165, 1.54) is 0 Å². The Balaban J connectivity index is 2.36. The molecule has 0 amide bonds. The largest absolute Gasteiger partial charge is 0.508 e. The van der Waals surface area contributed by atoms with Crippen LogP contribution in [0.15, 0.2) is 24.3 Å². The highest BCUT2D eigenvalue weighted by Gasteiger charge is 2.33. The number of rotatable bonds is 1. The fourth-order valence-corrected chi connectivity index (χ4v) is 3.89. The molecule has 2 atom stereocenters. The molecule has 0 radical (unpaired) electrons. The Hall–Kier alpha value is -1.07. The van der Waals surface area contributed by atoms with Crippen molar-refractivity contribution in [3.63, 3.8) is 0 Å². The Morgan fingerprint density at radius 1 is 1.31 bits per heavy atom.